The van der Waals surface area contributed by atoms with Crippen molar-refractivity contribution in [1.82, 2.24) is 10.2 Å². The molecule has 3 N–H and O–H groups in total. The van der Waals surface area contributed by atoms with E-state index in [-0.39, 0.29) is 43.4 Å². The van der Waals surface area contributed by atoms with Gasteiger partial charge in [-0.15, -0.1) is 12.4 Å². The zero-order chi connectivity index (χ0) is 14.3. The van der Waals surface area contributed by atoms with Gasteiger partial charge in [0.1, 0.15) is 0 Å². The first kappa shape index (κ1) is 19.1. The van der Waals surface area contributed by atoms with Crippen LogP contribution in [0.3, 0.4) is 0 Å². The van der Waals surface area contributed by atoms with Crippen LogP contribution < -0.4 is 11.1 Å². The molecule has 1 saturated heterocycles. The van der Waals surface area contributed by atoms with Crippen molar-refractivity contribution in [2.24, 2.45) is 11.7 Å². The quantitative estimate of drug-likeness (QED) is 0.701. The van der Waals surface area contributed by atoms with E-state index >= 15 is 0 Å². The molecule has 7 heteroatoms. The highest BCUT2D eigenvalue weighted by Crippen LogP contribution is 2.13. The highest BCUT2D eigenvalue weighted by atomic mass is 35.5. The minimum Gasteiger partial charge on any atom is -0.376 e. The highest BCUT2D eigenvalue weighted by Gasteiger charge is 2.26. The molecule has 1 atom stereocenters. The number of ether oxygens (including phenoxy) is 1. The number of nitrogens with zero attached hydrogens (tertiary/aromatic N) is 1. The molecular weight excluding hydrogens is 282 g/mol. The van der Waals surface area contributed by atoms with Gasteiger partial charge in [-0.1, -0.05) is 13.8 Å². The van der Waals surface area contributed by atoms with Gasteiger partial charge >= 0.3 is 0 Å². The summed E-state index contributed by atoms with van der Waals surface area (Å²) in [4.78, 5) is 24.5. The molecule has 20 heavy (non-hydrogen) atoms. The Hall–Kier alpha value is -0.850. The number of hydrogen-bond donors (Lipinski definition) is 2. The number of amides is 2. The third-order valence-electron chi connectivity index (χ3n) is 3.17. The summed E-state index contributed by atoms with van der Waals surface area (Å²) >= 11 is 0. The zero-order valence-corrected chi connectivity index (χ0v) is 13.1. The van der Waals surface area contributed by atoms with Crippen LogP contribution in [0, 0.1) is 5.92 Å². The molecule has 0 aliphatic carbocycles. The SMILES string of the molecule is CC(C)CCOC1CCN(C(=O)CNC(=O)CN)C1.Cl. The molecular formula is C13H26ClN3O3. The maximum atomic E-state index is 11.8. The first-order chi connectivity index (χ1) is 9.02. The van der Waals surface area contributed by atoms with Crippen LogP contribution in [-0.4, -0.2) is 55.6 Å². The number of carbonyl (C=O) groups is 2. The lowest BCUT2D eigenvalue weighted by atomic mass is 10.1. The van der Waals surface area contributed by atoms with Crippen molar-refractivity contribution in [2.45, 2.75) is 32.8 Å². The maximum absolute atomic E-state index is 11.8. The standard InChI is InChI=1S/C13H25N3O3.ClH/c1-10(2)4-6-19-11-3-5-16(9-11)13(18)8-15-12(17)7-14;/h10-11H,3-9,14H2,1-2H3,(H,15,17);1H. The molecule has 0 radical (unpaired) electrons. The van der Waals surface area contributed by atoms with Crippen LogP contribution in [0.15, 0.2) is 0 Å². The van der Waals surface area contributed by atoms with Crippen molar-refractivity contribution in [1.29, 1.82) is 0 Å². The van der Waals surface area contributed by atoms with Gasteiger partial charge in [0.2, 0.25) is 11.8 Å². The predicted molar refractivity (Wildman–Crippen MR) is 79.7 cm³/mol. The smallest absolute Gasteiger partial charge is 0.242 e. The Kier molecular flexibility index (Phi) is 9.54. The Morgan fingerprint density at radius 1 is 1.45 bits per heavy atom. The average molecular weight is 308 g/mol. The first-order valence-electron chi connectivity index (χ1n) is 6.89. The number of likely N-dealkylation sites (tertiary alicyclic amines) is 1. The lowest BCUT2D eigenvalue weighted by Gasteiger charge is -2.17. The fourth-order valence-electron chi connectivity index (χ4n) is 1.92. The molecule has 6 nitrogen and oxygen atoms in total. The topological polar surface area (TPSA) is 84.7 Å². The second-order valence-corrected chi connectivity index (χ2v) is 5.28. The minimum atomic E-state index is -0.308. The fraction of sp³-hybridized carbons (Fsp3) is 0.846. The predicted octanol–water partition coefficient (Wildman–Crippen LogP) is 0.147. The third kappa shape index (κ3) is 7.07. The normalized spacial score (nSPS) is 18.0. The summed E-state index contributed by atoms with van der Waals surface area (Å²) in [6.07, 6.45) is 2.04. The van der Waals surface area contributed by atoms with Crippen molar-refractivity contribution < 1.29 is 14.3 Å². The van der Waals surface area contributed by atoms with Crippen molar-refractivity contribution in [2.75, 3.05) is 32.8 Å². The number of carbonyl (C=O) groups excluding carboxylic acids is 2. The molecule has 118 valence electrons. The number of rotatable bonds is 7. The molecule has 0 spiro atoms. The van der Waals surface area contributed by atoms with Crippen LogP contribution in [0.1, 0.15) is 26.7 Å². The second kappa shape index (κ2) is 9.96. The van der Waals surface area contributed by atoms with E-state index in [2.05, 4.69) is 19.2 Å². The Bertz CT molecular complexity index is 313. The van der Waals surface area contributed by atoms with Gasteiger partial charge in [0, 0.05) is 19.7 Å². The molecule has 0 aromatic rings. The van der Waals surface area contributed by atoms with Gasteiger partial charge in [-0.25, -0.2) is 0 Å². The van der Waals surface area contributed by atoms with Crippen LogP contribution >= 0.6 is 12.4 Å². The molecule has 0 aromatic heterocycles. The molecule has 1 unspecified atom stereocenters. The maximum Gasteiger partial charge on any atom is 0.242 e. The van der Waals surface area contributed by atoms with E-state index in [0.717, 1.165) is 19.4 Å². The van der Waals surface area contributed by atoms with Crippen LogP contribution in [-0.2, 0) is 14.3 Å². The Morgan fingerprint density at radius 2 is 2.15 bits per heavy atom. The number of nitrogens with one attached hydrogen (secondary N) is 1. The van der Waals surface area contributed by atoms with Crippen LogP contribution in [0.2, 0.25) is 0 Å². The molecule has 2 amide bonds. The molecule has 1 heterocycles. The van der Waals surface area contributed by atoms with Crippen molar-refractivity contribution in [3.05, 3.63) is 0 Å². The largest absolute Gasteiger partial charge is 0.376 e. The van der Waals surface area contributed by atoms with E-state index in [1.165, 1.54) is 0 Å². The van der Waals surface area contributed by atoms with Crippen molar-refractivity contribution in [3.63, 3.8) is 0 Å². The first-order valence-corrected chi connectivity index (χ1v) is 6.89. The number of halogens is 1. The van der Waals surface area contributed by atoms with Gasteiger partial charge in [0.05, 0.1) is 19.2 Å². The summed E-state index contributed by atoms with van der Waals surface area (Å²) < 4.78 is 5.74. The van der Waals surface area contributed by atoms with Crippen LogP contribution in [0.4, 0.5) is 0 Å². The second-order valence-electron chi connectivity index (χ2n) is 5.28. The zero-order valence-electron chi connectivity index (χ0n) is 12.3. The number of hydrogen-bond acceptors (Lipinski definition) is 4. The monoisotopic (exact) mass is 307 g/mol. The van der Waals surface area contributed by atoms with Crippen molar-refractivity contribution in [3.8, 4) is 0 Å². The van der Waals surface area contributed by atoms with E-state index < -0.39 is 0 Å². The van der Waals surface area contributed by atoms with Crippen LogP contribution in [0.5, 0.6) is 0 Å². The van der Waals surface area contributed by atoms with E-state index in [4.69, 9.17) is 10.5 Å². The van der Waals surface area contributed by atoms with Gasteiger partial charge in [-0.3, -0.25) is 9.59 Å². The Morgan fingerprint density at radius 3 is 2.75 bits per heavy atom. The van der Waals surface area contributed by atoms with E-state index in [1.807, 2.05) is 0 Å². The summed E-state index contributed by atoms with van der Waals surface area (Å²) in [7, 11) is 0. The third-order valence-corrected chi connectivity index (χ3v) is 3.17. The van der Waals surface area contributed by atoms with E-state index in [9.17, 15) is 9.59 Å². The molecule has 0 bridgehead atoms. The summed E-state index contributed by atoms with van der Waals surface area (Å²) in [6.45, 7) is 6.32. The number of nitrogens with two attached hydrogens (primary N) is 1. The van der Waals surface area contributed by atoms with Gasteiger partial charge in [-0.05, 0) is 18.8 Å². The summed E-state index contributed by atoms with van der Waals surface area (Å²) in [5.41, 5.74) is 5.16. The fourth-order valence-corrected chi connectivity index (χ4v) is 1.92. The van der Waals surface area contributed by atoms with Gasteiger partial charge in [-0.2, -0.15) is 0 Å². The van der Waals surface area contributed by atoms with Crippen LogP contribution in [0.25, 0.3) is 0 Å². The molecule has 1 aliphatic heterocycles. The lowest BCUT2D eigenvalue weighted by molar-refractivity contribution is -0.132. The molecule has 1 aliphatic rings. The summed E-state index contributed by atoms with van der Waals surface area (Å²) in [5, 5.41) is 2.49. The lowest BCUT2D eigenvalue weighted by Crippen LogP contribution is -2.41. The average Bonchev–Trinajstić information content (AvgIpc) is 2.83. The van der Waals surface area contributed by atoms with Gasteiger partial charge < -0.3 is 20.7 Å². The minimum absolute atomic E-state index is 0. The summed E-state index contributed by atoms with van der Waals surface area (Å²) in [5.74, 6) is 0.250. The molecule has 1 fully saturated rings. The van der Waals surface area contributed by atoms with E-state index in [0.29, 0.717) is 19.0 Å². The molecule has 1 rings (SSSR count). The molecule has 0 saturated carbocycles. The Balaban J connectivity index is 0.00000361. The van der Waals surface area contributed by atoms with Gasteiger partial charge in [0.25, 0.3) is 0 Å². The highest BCUT2D eigenvalue weighted by molar-refractivity contribution is 5.85. The molecule has 0 aromatic carbocycles. The van der Waals surface area contributed by atoms with Gasteiger partial charge in [0.15, 0.2) is 0 Å². The summed E-state index contributed by atoms with van der Waals surface area (Å²) in [6, 6.07) is 0. The Labute approximate surface area is 126 Å². The van der Waals surface area contributed by atoms with Crippen molar-refractivity contribution >= 4 is 24.2 Å². The van der Waals surface area contributed by atoms with E-state index in [1.54, 1.807) is 4.90 Å².